The van der Waals surface area contributed by atoms with Crippen LogP contribution in [0.15, 0.2) is 18.2 Å². The minimum atomic E-state index is -0.786. The van der Waals surface area contributed by atoms with E-state index in [0.29, 0.717) is 6.54 Å². The molecule has 6 nitrogen and oxygen atoms in total. The van der Waals surface area contributed by atoms with Crippen molar-refractivity contribution in [3.05, 3.63) is 18.2 Å². The molecular formula is C26H44N2O4. The summed E-state index contributed by atoms with van der Waals surface area (Å²) in [6, 6.07) is 3.85. The van der Waals surface area contributed by atoms with E-state index in [2.05, 4.69) is 17.6 Å². The first-order valence-corrected chi connectivity index (χ1v) is 12.7. The third kappa shape index (κ3) is 13.9. The lowest BCUT2D eigenvalue weighted by atomic mass is 10.0. The Balaban J connectivity index is 1.88. The van der Waals surface area contributed by atoms with Crippen molar-refractivity contribution in [1.29, 1.82) is 0 Å². The van der Waals surface area contributed by atoms with Crippen molar-refractivity contribution in [3.63, 3.8) is 0 Å². The smallest absolute Gasteiger partial charge is 0.313 e. The van der Waals surface area contributed by atoms with Gasteiger partial charge >= 0.3 is 11.8 Å². The first kappa shape index (κ1) is 27.8. The third-order valence-electron chi connectivity index (χ3n) is 5.76. The predicted molar refractivity (Wildman–Crippen MR) is 131 cm³/mol. The summed E-state index contributed by atoms with van der Waals surface area (Å²) in [5, 5.41) is 23.7. The van der Waals surface area contributed by atoms with Crippen LogP contribution in [-0.4, -0.2) is 28.6 Å². The van der Waals surface area contributed by atoms with Crippen LogP contribution in [0.2, 0.25) is 0 Å². The van der Waals surface area contributed by atoms with Gasteiger partial charge in [-0.2, -0.15) is 0 Å². The Morgan fingerprint density at radius 3 is 1.59 bits per heavy atom. The normalized spacial score (nSPS) is 10.8. The summed E-state index contributed by atoms with van der Waals surface area (Å²) in [6.07, 6.45) is 20.7. The van der Waals surface area contributed by atoms with Crippen LogP contribution in [0, 0.1) is 0 Å². The Hall–Kier alpha value is -2.24. The molecule has 0 fully saturated rings. The number of hydrogen-bond acceptors (Lipinski definition) is 4. The fourth-order valence-corrected chi connectivity index (χ4v) is 3.74. The molecule has 0 bridgehead atoms. The zero-order valence-corrected chi connectivity index (χ0v) is 20.0. The molecule has 0 atom stereocenters. The molecule has 0 spiro atoms. The number of anilines is 1. The molecule has 1 aromatic carbocycles. The molecule has 2 amide bonds. The van der Waals surface area contributed by atoms with Gasteiger partial charge in [0, 0.05) is 18.3 Å². The molecule has 0 heterocycles. The van der Waals surface area contributed by atoms with Gasteiger partial charge in [0.2, 0.25) is 0 Å². The van der Waals surface area contributed by atoms with Gasteiger partial charge in [-0.15, -0.1) is 0 Å². The highest BCUT2D eigenvalue weighted by Gasteiger charge is 2.13. The number of unbranched alkanes of at least 4 members (excludes halogenated alkanes) is 15. The number of hydrogen-bond donors (Lipinski definition) is 4. The van der Waals surface area contributed by atoms with Crippen molar-refractivity contribution in [2.75, 3.05) is 11.9 Å². The van der Waals surface area contributed by atoms with Crippen LogP contribution in [0.25, 0.3) is 0 Å². The number of nitrogens with one attached hydrogen (secondary N) is 2. The number of benzene rings is 1. The molecule has 1 rings (SSSR count). The number of phenols is 2. The first-order valence-electron chi connectivity index (χ1n) is 12.7. The molecule has 1 aromatic rings. The van der Waals surface area contributed by atoms with Gasteiger partial charge < -0.3 is 20.8 Å². The van der Waals surface area contributed by atoms with Crippen LogP contribution in [0.5, 0.6) is 11.5 Å². The Labute approximate surface area is 194 Å². The summed E-state index contributed by atoms with van der Waals surface area (Å²) in [5.74, 6) is -2.11. The van der Waals surface area contributed by atoms with Crippen LogP contribution in [0.4, 0.5) is 5.69 Å². The number of rotatable bonds is 18. The van der Waals surface area contributed by atoms with E-state index in [9.17, 15) is 19.8 Å². The highest BCUT2D eigenvalue weighted by Crippen LogP contribution is 2.27. The van der Waals surface area contributed by atoms with E-state index >= 15 is 0 Å². The highest BCUT2D eigenvalue weighted by atomic mass is 16.3. The zero-order valence-electron chi connectivity index (χ0n) is 20.0. The Bertz CT molecular complexity index is 649. The van der Waals surface area contributed by atoms with E-state index in [1.165, 1.54) is 102 Å². The molecule has 0 saturated carbocycles. The maximum atomic E-state index is 11.8. The lowest BCUT2D eigenvalue weighted by Gasteiger charge is -2.07. The minimum absolute atomic E-state index is 0.253. The molecular weight excluding hydrogens is 404 g/mol. The molecule has 0 aliphatic carbocycles. The van der Waals surface area contributed by atoms with Crippen LogP contribution < -0.4 is 10.6 Å². The summed E-state index contributed by atoms with van der Waals surface area (Å²) in [4.78, 5) is 23.7. The molecule has 0 aliphatic rings. The number of carbonyl (C=O) groups is 2. The van der Waals surface area contributed by atoms with E-state index in [4.69, 9.17) is 0 Å². The first-order chi connectivity index (χ1) is 15.5. The predicted octanol–water partition coefficient (Wildman–Crippen LogP) is 6.41. The Morgan fingerprint density at radius 1 is 0.656 bits per heavy atom. The Morgan fingerprint density at radius 2 is 1.12 bits per heavy atom. The topological polar surface area (TPSA) is 98.7 Å². The Kier molecular flexibility index (Phi) is 15.9. The number of aromatic hydroxyl groups is 2. The average molecular weight is 449 g/mol. The second-order valence-corrected chi connectivity index (χ2v) is 8.72. The van der Waals surface area contributed by atoms with Crippen LogP contribution in [-0.2, 0) is 9.59 Å². The molecule has 6 heteroatoms. The molecule has 4 N–H and O–H groups in total. The van der Waals surface area contributed by atoms with E-state index < -0.39 is 11.8 Å². The second kappa shape index (κ2) is 18.3. The van der Waals surface area contributed by atoms with E-state index in [1.54, 1.807) is 0 Å². The summed E-state index contributed by atoms with van der Waals surface area (Å²) >= 11 is 0. The summed E-state index contributed by atoms with van der Waals surface area (Å²) in [5.41, 5.74) is 0.253. The maximum absolute atomic E-state index is 11.8. The minimum Gasteiger partial charge on any atom is -0.504 e. The van der Waals surface area contributed by atoms with Crippen molar-refractivity contribution in [2.24, 2.45) is 0 Å². The molecule has 0 saturated heterocycles. The van der Waals surface area contributed by atoms with Crippen molar-refractivity contribution in [3.8, 4) is 11.5 Å². The maximum Gasteiger partial charge on any atom is 0.313 e. The zero-order chi connectivity index (χ0) is 23.4. The molecule has 0 aliphatic heterocycles. The van der Waals surface area contributed by atoms with Crippen LogP contribution >= 0.6 is 0 Å². The summed E-state index contributed by atoms with van der Waals surface area (Å²) < 4.78 is 0. The van der Waals surface area contributed by atoms with Gasteiger partial charge in [-0.1, -0.05) is 103 Å². The van der Waals surface area contributed by atoms with Gasteiger partial charge in [0.15, 0.2) is 11.5 Å². The van der Waals surface area contributed by atoms with Gasteiger partial charge in [0.05, 0.1) is 0 Å². The number of phenolic OH excluding ortho intramolecular Hbond substituents is 2. The number of amides is 2. The van der Waals surface area contributed by atoms with E-state index in [0.717, 1.165) is 19.3 Å². The SMILES string of the molecule is CCCCCCCCCCCCCCCCCCNC(=O)C(=O)Nc1ccc(O)c(O)c1. The van der Waals surface area contributed by atoms with Gasteiger partial charge in [-0.25, -0.2) is 0 Å². The summed E-state index contributed by atoms with van der Waals surface area (Å²) in [6.45, 7) is 2.74. The molecule has 182 valence electrons. The molecule has 0 radical (unpaired) electrons. The highest BCUT2D eigenvalue weighted by molar-refractivity contribution is 6.39. The molecule has 32 heavy (non-hydrogen) atoms. The number of carbonyl (C=O) groups excluding carboxylic acids is 2. The van der Waals surface area contributed by atoms with Crippen molar-refractivity contribution < 1.29 is 19.8 Å². The van der Waals surface area contributed by atoms with Crippen LogP contribution in [0.3, 0.4) is 0 Å². The average Bonchev–Trinajstić information content (AvgIpc) is 2.78. The second-order valence-electron chi connectivity index (χ2n) is 8.72. The largest absolute Gasteiger partial charge is 0.504 e. The fourth-order valence-electron chi connectivity index (χ4n) is 3.74. The standard InChI is InChI=1S/C26H44N2O4/c1-2-3-4-5-6-7-8-9-10-11-12-13-14-15-16-17-20-27-25(31)26(32)28-22-18-19-23(29)24(30)21-22/h18-19,21,29-30H,2-17,20H2,1H3,(H,27,31)(H,28,32). The van der Waals surface area contributed by atoms with E-state index in [1.807, 2.05) is 0 Å². The monoisotopic (exact) mass is 448 g/mol. The van der Waals surface area contributed by atoms with Crippen molar-refractivity contribution in [1.82, 2.24) is 5.32 Å². The lowest BCUT2D eigenvalue weighted by molar-refractivity contribution is -0.136. The van der Waals surface area contributed by atoms with Gasteiger partial charge in [-0.05, 0) is 18.6 Å². The third-order valence-corrected chi connectivity index (χ3v) is 5.76. The quantitative estimate of drug-likeness (QED) is 0.0902. The van der Waals surface area contributed by atoms with Crippen LogP contribution in [0.1, 0.15) is 110 Å². The van der Waals surface area contributed by atoms with E-state index in [-0.39, 0.29) is 17.2 Å². The molecule has 0 aromatic heterocycles. The lowest BCUT2D eigenvalue weighted by Crippen LogP contribution is -2.35. The van der Waals surface area contributed by atoms with Gasteiger partial charge in [0.25, 0.3) is 0 Å². The van der Waals surface area contributed by atoms with Crippen molar-refractivity contribution >= 4 is 17.5 Å². The van der Waals surface area contributed by atoms with Crippen molar-refractivity contribution in [2.45, 2.75) is 110 Å². The van der Waals surface area contributed by atoms with Gasteiger partial charge in [-0.3, -0.25) is 9.59 Å². The molecule has 0 unspecified atom stereocenters. The fraction of sp³-hybridized carbons (Fsp3) is 0.692. The summed E-state index contributed by atoms with van der Waals surface area (Å²) in [7, 11) is 0. The van der Waals surface area contributed by atoms with Gasteiger partial charge in [0.1, 0.15) is 0 Å².